The second-order valence-corrected chi connectivity index (χ2v) is 9.59. The highest BCUT2D eigenvalue weighted by molar-refractivity contribution is 7.99. The summed E-state index contributed by atoms with van der Waals surface area (Å²) in [6.07, 6.45) is 1.93. The number of carbonyl (C=O) groups is 2. The summed E-state index contributed by atoms with van der Waals surface area (Å²) >= 11 is 13.7. The second-order valence-electron chi connectivity index (χ2n) is 7.55. The Balaban J connectivity index is 2.00. The number of hydrogen-bond acceptors (Lipinski definition) is 3. The van der Waals surface area contributed by atoms with Crippen LogP contribution in [-0.4, -0.2) is 34.6 Å². The molecule has 168 valence electrons. The van der Waals surface area contributed by atoms with Crippen molar-refractivity contribution in [3.8, 4) is 0 Å². The maximum atomic E-state index is 13.1. The van der Waals surface area contributed by atoms with Gasteiger partial charge < -0.3 is 10.2 Å². The first-order valence-corrected chi connectivity index (χ1v) is 12.3. The summed E-state index contributed by atoms with van der Waals surface area (Å²) in [7, 11) is 0. The van der Waals surface area contributed by atoms with E-state index < -0.39 is 6.04 Å². The number of hydrogen-bond donors (Lipinski definition) is 1. The summed E-state index contributed by atoms with van der Waals surface area (Å²) in [5, 5.41) is 4.30. The van der Waals surface area contributed by atoms with E-state index in [2.05, 4.69) is 5.32 Å². The number of rotatable bonds is 11. The summed E-state index contributed by atoms with van der Waals surface area (Å²) in [5.74, 6) is 0.634. The van der Waals surface area contributed by atoms with Gasteiger partial charge in [0.2, 0.25) is 11.8 Å². The molecule has 1 N–H and O–H groups in total. The number of nitrogens with zero attached hydrogens (tertiary/aromatic N) is 1. The number of amides is 2. The van der Waals surface area contributed by atoms with Gasteiger partial charge in [-0.3, -0.25) is 9.59 Å². The fourth-order valence-corrected chi connectivity index (χ4v) is 4.16. The van der Waals surface area contributed by atoms with Crippen LogP contribution < -0.4 is 5.32 Å². The number of carbonyl (C=O) groups excluding carboxylic acids is 2. The monoisotopic (exact) mass is 480 g/mol. The minimum atomic E-state index is -0.565. The van der Waals surface area contributed by atoms with Crippen molar-refractivity contribution < 1.29 is 9.59 Å². The molecule has 0 saturated heterocycles. The maximum Gasteiger partial charge on any atom is 0.242 e. The molecule has 4 nitrogen and oxygen atoms in total. The highest BCUT2D eigenvalue weighted by Gasteiger charge is 2.26. The summed E-state index contributed by atoms with van der Waals surface area (Å²) in [6, 6.07) is 14.6. The molecule has 0 fully saturated rings. The molecule has 2 aromatic carbocycles. The van der Waals surface area contributed by atoms with Gasteiger partial charge in [0.05, 0.1) is 0 Å². The molecule has 2 aromatic rings. The van der Waals surface area contributed by atoms with Crippen molar-refractivity contribution in [1.82, 2.24) is 10.2 Å². The van der Waals surface area contributed by atoms with Gasteiger partial charge in [0.15, 0.2) is 0 Å². The van der Waals surface area contributed by atoms with Crippen molar-refractivity contribution in [3.05, 3.63) is 64.1 Å². The number of halogens is 2. The lowest BCUT2D eigenvalue weighted by Gasteiger charge is -2.30. The van der Waals surface area contributed by atoms with Crippen LogP contribution in [0.4, 0.5) is 0 Å². The average Bonchev–Trinajstić information content (AvgIpc) is 2.75. The fraction of sp³-hybridized carbons (Fsp3) is 0.417. The zero-order chi connectivity index (χ0) is 22.8. The summed E-state index contributed by atoms with van der Waals surface area (Å²) in [4.78, 5) is 28.6. The highest BCUT2D eigenvalue weighted by atomic mass is 35.5. The minimum Gasteiger partial charge on any atom is -0.352 e. The maximum absolute atomic E-state index is 13.1. The molecular formula is C24H30Cl2N2O2S. The molecule has 0 radical (unpaired) electrons. The zero-order valence-corrected chi connectivity index (χ0v) is 20.6. The molecule has 2 atom stereocenters. The van der Waals surface area contributed by atoms with E-state index in [9.17, 15) is 9.59 Å². The Kier molecular flexibility index (Phi) is 10.7. The molecule has 2 amide bonds. The molecule has 0 bridgehead atoms. The van der Waals surface area contributed by atoms with Crippen LogP contribution in [0, 0.1) is 0 Å². The van der Waals surface area contributed by atoms with Crippen LogP contribution in [-0.2, 0) is 16.1 Å². The normalized spacial score (nSPS) is 12.8. The molecule has 0 aliphatic heterocycles. The third-order valence-corrected chi connectivity index (χ3v) is 6.61. The van der Waals surface area contributed by atoms with Crippen LogP contribution in [0.2, 0.25) is 10.0 Å². The van der Waals surface area contributed by atoms with Crippen LogP contribution >= 0.6 is 35.0 Å². The predicted octanol–water partition coefficient (Wildman–Crippen LogP) is 6.20. The Morgan fingerprint density at radius 3 is 2.42 bits per heavy atom. The highest BCUT2D eigenvalue weighted by Crippen LogP contribution is 2.22. The molecule has 2 rings (SSSR count). The molecule has 2 unspecified atom stereocenters. The fourth-order valence-electron chi connectivity index (χ4n) is 2.97. The Hall–Kier alpha value is -1.69. The van der Waals surface area contributed by atoms with Gasteiger partial charge >= 0.3 is 0 Å². The van der Waals surface area contributed by atoms with E-state index in [0.717, 1.165) is 29.1 Å². The molecule has 7 heteroatoms. The van der Waals surface area contributed by atoms with Crippen LogP contribution in [0.3, 0.4) is 0 Å². The van der Waals surface area contributed by atoms with Crippen LogP contribution in [0.15, 0.2) is 53.4 Å². The van der Waals surface area contributed by atoms with Gasteiger partial charge in [0.25, 0.3) is 0 Å². The van der Waals surface area contributed by atoms with Gasteiger partial charge in [0, 0.05) is 33.9 Å². The molecule has 0 aliphatic rings. The van der Waals surface area contributed by atoms with Crippen molar-refractivity contribution in [2.45, 2.75) is 63.6 Å². The van der Waals surface area contributed by atoms with E-state index in [-0.39, 0.29) is 17.9 Å². The summed E-state index contributed by atoms with van der Waals surface area (Å²) < 4.78 is 0. The van der Waals surface area contributed by atoms with E-state index in [1.807, 2.05) is 56.3 Å². The lowest BCUT2D eigenvalue weighted by molar-refractivity contribution is -0.140. The van der Waals surface area contributed by atoms with Crippen molar-refractivity contribution in [1.29, 1.82) is 0 Å². The topological polar surface area (TPSA) is 49.4 Å². The number of thioether (sulfide) groups is 1. The largest absolute Gasteiger partial charge is 0.352 e. The lowest BCUT2D eigenvalue weighted by Crippen LogP contribution is -2.49. The number of benzene rings is 2. The molecule has 0 heterocycles. The first-order chi connectivity index (χ1) is 14.8. The smallest absolute Gasteiger partial charge is 0.242 e. The van der Waals surface area contributed by atoms with Gasteiger partial charge in [0.1, 0.15) is 6.04 Å². The van der Waals surface area contributed by atoms with Gasteiger partial charge in [-0.2, -0.15) is 0 Å². The quantitative estimate of drug-likeness (QED) is 0.307. The van der Waals surface area contributed by atoms with Crippen molar-refractivity contribution in [3.63, 3.8) is 0 Å². The summed E-state index contributed by atoms with van der Waals surface area (Å²) in [6.45, 7) is 6.10. The Morgan fingerprint density at radius 1 is 1.06 bits per heavy atom. The standard InChI is InChI=1S/C24H30Cl2N2O2S/c1-4-17(2)27-24(30)18(3)28(16-19-7-5-8-21(26)15-19)23(29)9-6-14-31-22-12-10-20(25)11-13-22/h5,7-8,10-13,15,17-18H,4,6,9,14,16H2,1-3H3,(H,27,30). The molecule has 0 spiro atoms. The molecule has 0 aromatic heterocycles. The van der Waals surface area contributed by atoms with E-state index >= 15 is 0 Å². The van der Waals surface area contributed by atoms with Gasteiger partial charge in [-0.25, -0.2) is 0 Å². The average molecular weight is 481 g/mol. The van der Waals surface area contributed by atoms with Crippen LogP contribution in [0.5, 0.6) is 0 Å². The van der Waals surface area contributed by atoms with Crippen LogP contribution in [0.1, 0.15) is 45.6 Å². The first kappa shape index (κ1) is 25.6. The molecule has 0 saturated carbocycles. The van der Waals surface area contributed by atoms with Crippen molar-refractivity contribution in [2.24, 2.45) is 0 Å². The first-order valence-electron chi connectivity index (χ1n) is 10.5. The second kappa shape index (κ2) is 13.0. The third kappa shape index (κ3) is 8.76. The number of nitrogens with one attached hydrogen (secondary N) is 1. The Labute approximate surface area is 199 Å². The van der Waals surface area contributed by atoms with E-state index in [4.69, 9.17) is 23.2 Å². The Morgan fingerprint density at radius 2 is 1.77 bits per heavy atom. The van der Waals surface area contributed by atoms with Gasteiger partial charge in [-0.15, -0.1) is 11.8 Å². The lowest BCUT2D eigenvalue weighted by atomic mass is 10.1. The van der Waals surface area contributed by atoms with Crippen molar-refractivity contribution >= 4 is 46.8 Å². The zero-order valence-electron chi connectivity index (χ0n) is 18.2. The molecule has 0 aliphatic carbocycles. The molecule has 31 heavy (non-hydrogen) atoms. The Bertz CT molecular complexity index is 861. The van der Waals surface area contributed by atoms with E-state index in [1.54, 1.807) is 29.7 Å². The predicted molar refractivity (Wildman–Crippen MR) is 131 cm³/mol. The minimum absolute atomic E-state index is 0.0384. The van der Waals surface area contributed by atoms with Crippen molar-refractivity contribution in [2.75, 3.05) is 5.75 Å². The van der Waals surface area contributed by atoms with Gasteiger partial charge in [-0.1, -0.05) is 42.3 Å². The third-order valence-electron chi connectivity index (χ3n) is 5.03. The molecular weight excluding hydrogens is 451 g/mol. The van der Waals surface area contributed by atoms with E-state index in [1.165, 1.54) is 0 Å². The van der Waals surface area contributed by atoms with Gasteiger partial charge in [-0.05, 0) is 74.4 Å². The summed E-state index contributed by atoms with van der Waals surface area (Å²) in [5.41, 5.74) is 0.902. The van der Waals surface area contributed by atoms with Crippen LogP contribution in [0.25, 0.3) is 0 Å². The SMILES string of the molecule is CCC(C)NC(=O)C(C)N(Cc1cccc(Cl)c1)C(=O)CCCSc1ccc(Cl)cc1. The van der Waals surface area contributed by atoms with E-state index in [0.29, 0.717) is 23.0 Å².